The first kappa shape index (κ1) is 14.6. The smallest absolute Gasteiger partial charge is 0.311 e. The number of nitro groups is 1. The second kappa shape index (κ2) is 6.60. The van der Waals surface area contributed by atoms with Crippen molar-refractivity contribution in [3.05, 3.63) is 63.8 Å². The van der Waals surface area contributed by atoms with E-state index in [1.165, 1.54) is 18.3 Å². The summed E-state index contributed by atoms with van der Waals surface area (Å²) in [6.07, 6.45) is 2.62. The van der Waals surface area contributed by atoms with Gasteiger partial charge in [-0.3, -0.25) is 10.1 Å². The van der Waals surface area contributed by atoms with E-state index in [0.717, 1.165) is 17.4 Å². The number of aldehydes is 1. The molecule has 1 atom stereocenters. The van der Waals surface area contributed by atoms with Crippen LogP contribution in [0.3, 0.4) is 0 Å². The summed E-state index contributed by atoms with van der Waals surface area (Å²) in [5.74, 6) is 0.103. The van der Waals surface area contributed by atoms with Crippen molar-refractivity contribution in [2.24, 2.45) is 0 Å². The molecule has 2 rings (SSSR count). The summed E-state index contributed by atoms with van der Waals surface area (Å²) in [7, 11) is 0. The summed E-state index contributed by atoms with van der Waals surface area (Å²) in [5, 5.41) is 13.7. The Labute approximate surface area is 122 Å². The largest absolute Gasteiger partial charge is 0.354 e. The van der Waals surface area contributed by atoms with Crippen molar-refractivity contribution in [2.75, 3.05) is 5.32 Å². The second-order valence-corrected chi connectivity index (χ2v) is 4.70. The number of aromatic nitrogens is 1. The lowest BCUT2D eigenvalue weighted by atomic mass is 10.1. The number of hydrogen-bond acceptors (Lipinski definition) is 5. The molecule has 108 valence electrons. The van der Waals surface area contributed by atoms with Gasteiger partial charge in [0.2, 0.25) is 5.82 Å². The van der Waals surface area contributed by atoms with E-state index in [9.17, 15) is 14.9 Å². The summed E-state index contributed by atoms with van der Waals surface area (Å²) in [6, 6.07) is 10.0. The summed E-state index contributed by atoms with van der Waals surface area (Å²) in [4.78, 5) is 25.5. The molecule has 2 aromatic rings. The zero-order valence-electron chi connectivity index (χ0n) is 11.5. The van der Waals surface area contributed by atoms with Crippen LogP contribution >= 0.6 is 0 Å². The number of hydrogen-bond donors (Lipinski definition) is 1. The quantitative estimate of drug-likeness (QED) is 0.501. The van der Waals surface area contributed by atoms with Crippen LogP contribution in [0.2, 0.25) is 0 Å². The number of pyridine rings is 1. The van der Waals surface area contributed by atoms with Gasteiger partial charge in [0.25, 0.3) is 0 Å². The third-order valence-electron chi connectivity index (χ3n) is 3.05. The average Bonchev–Trinajstić information content (AvgIpc) is 2.49. The van der Waals surface area contributed by atoms with Crippen LogP contribution < -0.4 is 5.32 Å². The lowest BCUT2D eigenvalue weighted by Gasteiger charge is -2.13. The molecule has 1 aromatic heterocycles. The molecule has 6 nitrogen and oxygen atoms in total. The van der Waals surface area contributed by atoms with Gasteiger partial charge in [0.1, 0.15) is 6.29 Å². The van der Waals surface area contributed by atoms with Crippen LogP contribution in [0.1, 0.15) is 11.1 Å². The standard InChI is InChI=1S/C15H15N3O3/c1-11-4-6-12(7-5-11)9-13(10-19)17-15-14(18(20)21)3-2-8-16-15/h2-8,10,13H,9H2,1H3,(H,16,17). The maximum Gasteiger partial charge on any atom is 0.311 e. The van der Waals surface area contributed by atoms with Gasteiger partial charge in [0.15, 0.2) is 0 Å². The molecule has 1 N–H and O–H groups in total. The van der Waals surface area contributed by atoms with Crippen LogP contribution in [0, 0.1) is 17.0 Å². The maximum atomic E-state index is 11.2. The van der Waals surface area contributed by atoms with Crippen LogP contribution in [0.15, 0.2) is 42.6 Å². The van der Waals surface area contributed by atoms with E-state index in [0.29, 0.717) is 6.42 Å². The zero-order valence-corrected chi connectivity index (χ0v) is 11.5. The predicted octanol–water partition coefficient (Wildman–Crippen LogP) is 2.52. The Balaban J connectivity index is 2.14. The van der Waals surface area contributed by atoms with E-state index in [2.05, 4.69) is 10.3 Å². The molecule has 0 bridgehead atoms. The third-order valence-corrected chi connectivity index (χ3v) is 3.05. The minimum atomic E-state index is -0.568. The molecule has 0 radical (unpaired) electrons. The van der Waals surface area contributed by atoms with Crippen LogP contribution in [0.25, 0.3) is 0 Å². The van der Waals surface area contributed by atoms with Crippen molar-refractivity contribution >= 4 is 17.8 Å². The van der Waals surface area contributed by atoms with Gasteiger partial charge < -0.3 is 10.1 Å². The van der Waals surface area contributed by atoms with E-state index >= 15 is 0 Å². The number of nitrogens with zero attached hydrogens (tertiary/aromatic N) is 2. The fourth-order valence-corrected chi connectivity index (χ4v) is 1.94. The number of nitrogens with one attached hydrogen (secondary N) is 1. The molecule has 0 fully saturated rings. The Kier molecular flexibility index (Phi) is 4.61. The van der Waals surface area contributed by atoms with Crippen molar-refractivity contribution in [1.82, 2.24) is 4.98 Å². The molecule has 0 saturated carbocycles. The normalized spacial score (nSPS) is 11.7. The van der Waals surface area contributed by atoms with Gasteiger partial charge in [-0.1, -0.05) is 29.8 Å². The lowest BCUT2D eigenvalue weighted by Crippen LogP contribution is -2.24. The van der Waals surface area contributed by atoms with Crippen molar-refractivity contribution < 1.29 is 9.72 Å². The zero-order chi connectivity index (χ0) is 15.2. The Bertz CT molecular complexity index is 641. The summed E-state index contributed by atoms with van der Waals surface area (Å²) < 4.78 is 0. The van der Waals surface area contributed by atoms with E-state index in [1.54, 1.807) is 0 Å². The highest BCUT2D eigenvalue weighted by atomic mass is 16.6. The Hall–Kier alpha value is -2.76. The van der Waals surface area contributed by atoms with Crippen LogP contribution in [-0.4, -0.2) is 22.2 Å². The molecule has 1 unspecified atom stereocenters. The predicted molar refractivity (Wildman–Crippen MR) is 79.2 cm³/mol. The van der Waals surface area contributed by atoms with Crippen molar-refractivity contribution in [3.63, 3.8) is 0 Å². The molecule has 0 aliphatic rings. The summed E-state index contributed by atoms with van der Waals surface area (Å²) in [5.41, 5.74) is 1.96. The first-order chi connectivity index (χ1) is 10.1. The summed E-state index contributed by atoms with van der Waals surface area (Å²) in [6.45, 7) is 1.98. The van der Waals surface area contributed by atoms with Gasteiger partial charge >= 0.3 is 5.69 Å². The number of anilines is 1. The lowest BCUT2D eigenvalue weighted by molar-refractivity contribution is -0.384. The van der Waals surface area contributed by atoms with E-state index in [4.69, 9.17) is 0 Å². The average molecular weight is 285 g/mol. The third kappa shape index (κ3) is 3.85. The highest BCUT2D eigenvalue weighted by Gasteiger charge is 2.17. The SMILES string of the molecule is Cc1ccc(CC(C=O)Nc2ncccc2[N+](=O)[O-])cc1. The molecule has 0 saturated heterocycles. The molecule has 1 heterocycles. The highest BCUT2D eigenvalue weighted by molar-refractivity contribution is 5.67. The number of aryl methyl sites for hydroxylation is 1. The minimum Gasteiger partial charge on any atom is -0.354 e. The van der Waals surface area contributed by atoms with Gasteiger partial charge in [-0.25, -0.2) is 4.98 Å². The molecule has 0 aliphatic heterocycles. The molecule has 6 heteroatoms. The first-order valence-electron chi connectivity index (χ1n) is 6.47. The highest BCUT2D eigenvalue weighted by Crippen LogP contribution is 2.21. The monoisotopic (exact) mass is 285 g/mol. The number of rotatable bonds is 6. The molecule has 21 heavy (non-hydrogen) atoms. The van der Waals surface area contributed by atoms with Crippen LogP contribution in [-0.2, 0) is 11.2 Å². The molecular formula is C15H15N3O3. The molecule has 0 aliphatic carbocycles. The second-order valence-electron chi connectivity index (χ2n) is 4.70. The van der Waals surface area contributed by atoms with Crippen LogP contribution in [0.5, 0.6) is 0 Å². The number of benzene rings is 1. The fourth-order valence-electron chi connectivity index (χ4n) is 1.94. The van der Waals surface area contributed by atoms with E-state index in [-0.39, 0.29) is 11.5 Å². The van der Waals surface area contributed by atoms with Crippen molar-refractivity contribution in [3.8, 4) is 0 Å². The first-order valence-corrected chi connectivity index (χ1v) is 6.47. The Morgan fingerprint density at radius 1 is 1.33 bits per heavy atom. The molecule has 0 spiro atoms. The van der Waals surface area contributed by atoms with Gasteiger partial charge in [-0.15, -0.1) is 0 Å². The topological polar surface area (TPSA) is 85.1 Å². The fraction of sp³-hybridized carbons (Fsp3) is 0.200. The number of carbonyl (C=O) groups excluding carboxylic acids is 1. The van der Waals surface area contributed by atoms with E-state index in [1.807, 2.05) is 31.2 Å². The van der Waals surface area contributed by atoms with Crippen molar-refractivity contribution in [1.29, 1.82) is 0 Å². The maximum absolute atomic E-state index is 11.2. The Morgan fingerprint density at radius 2 is 2.05 bits per heavy atom. The summed E-state index contributed by atoms with van der Waals surface area (Å²) >= 11 is 0. The van der Waals surface area contributed by atoms with E-state index < -0.39 is 11.0 Å². The van der Waals surface area contributed by atoms with Crippen LogP contribution in [0.4, 0.5) is 11.5 Å². The molecule has 0 amide bonds. The number of carbonyl (C=O) groups is 1. The molecule has 1 aromatic carbocycles. The van der Waals surface area contributed by atoms with Gasteiger partial charge in [-0.2, -0.15) is 0 Å². The minimum absolute atomic E-state index is 0.103. The van der Waals surface area contributed by atoms with Gasteiger partial charge in [0.05, 0.1) is 11.0 Å². The Morgan fingerprint density at radius 3 is 2.67 bits per heavy atom. The van der Waals surface area contributed by atoms with Crippen molar-refractivity contribution in [2.45, 2.75) is 19.4 Å². The molecular weight excluding hydrogens is 270 g/mol. The van der Waals surface area contributed by atoms with Gasteiger partial charge in [0, 0.05) is 12.3 Å². The van der Waals surface area contributed by atoms with Gasteiger partial charge in [-0.05, 0) is 25.0 Å².